The van der Waals surface area contributed by atoms with Crippen LogP contribution in [0.4, 0.5) is 10.8 Å². The van der Waals surface area contributed by atoms with E-state index in [0.717, 1.165) is 16.8 Å². The second kappa shape index (κ2) is 7.80. The Kier molecular flexibility index (Phi) is 5.49. The molecule has 0 unspecified atom stereocenters. The van der Waals surface area contributed by atoms with Crippen LogP contribution >= 0.6 is 22.7 Å². The molecular formula is C19H18N2O3S2. The second-order valence-electron chi connectivity index (χ2n) is 5.82. The number of carbonyl (C=O) groups is 2. The number of carbonyl (C=O) groups excluding carboxylic acids is 2. The molecule has 0 saturated heterocycles. The van der Waals surface area contributed by atoms with E-state index in [4.69, 9.17) is 4.74 Å². The normalized spacial score (nSPS) is 10.6. The van der Waals surface area contributed by atoms with Gasteiger partial charge in [-0.05, 0) is 48.6 Å². The van der Waals surface area contributed by atoms with Crippen molar-refractivity contribution in [1.29, 1.82) is 0 Å². The van der Waals surface area contributed by atoms with Crippen LogP contribution in [-0.4, -0.2) is 16.9 Å². The molecule has 26 heavy (non-hydrogen) atoms. The molecule has 3 aromatic rings. The maximum Gasteiger partial charge on any atom is 0.348 e. The third-order valence-electron chi connectivity index (χ3n) is 3.70. The zero-order valence-corrected chi connectivity index (χ0v) is 16.3. The molecular weight excluding hydrogens is 368 g/mol. The minimum atomic E-state index is -0.353. The summed E-state index contributed by atoms with van der Waals surface area (Å²) in [4.78, 5) is 30.9. The fourth-order valence-corrected chi connectivity index (χ4v) is 4.14. The third-order valence-corrected chi connectivity index (χ3v) is 5.58. The lowest BCUT2D eigenvalue weighted by molar-refractivity contribution is -0.115. The fourth-order valence-electron chi connectivity index (χ4n) is 2.45. The Morgan fingerprint density at radius 3 is 2.65 bits per heavy atom. The van der Waals surface area contributed by atoms with Crippen molar-refractivity contribution in [3.63, 3.8) is 0 Å². The van der Waals surface area contributed by atoms with E-state index in [2.05, 4.69) is 4.98 Å². The van der Waals surface area contributed by atoms with Crippen molar-refractivity contribution in [2.45, 2.75) is 27.4 Å². The number of thiophene rings is 1. The molecule has 0 fully saturated rings. The maximum absolute atomic E-state index is 12.1. The highest BCUT2D eigenvalue weighted by molar-refractivity contribution is 7.14. The number of esters is 1. The van der Waals surface area contributed by atoms with Gasteiger partial charge in [0.1, 0.15) is 11.5 Å². The first-order valence-electron chi connectivity index (χ1n) is 7.98. The van der Waals surface area contributed by atoms with Gasteiger partial charge in [-0.2, -0.15) is 0 Å². The summed E-state index contributed by atoms with van der Waals surface area (Å²) >= 11 is 2.70. The Morgan fingerprint density at radius 1 is 1.19 bits per heavy atom. The van der Waals surface area contributed by atoms with E-state index in [9.17, 15) is 9.59 Å². The number of thiazole rings is 1. The summed E-state index contributed by atoms with van der Waals surface area (Å²) in [5.41, 5.74) is 3.35. The van der Waals surface area contributed by atoms with Crippen LogP contribution in [0.15, 0.2) is 41.1 Å². The van der Waals surface area contributed by atoms with Crippen molar-refractivity contribution in [2.24, 2.45) is 0 Å². The van der Waals surface area contributed by atoms with Crippen LogP contribution in [0.2, 0.25) is 0 Å². The monoisotopic (exact) mass is 386 g/mol. The summed E-state index contributed by atoms with van der Waals surface area (Å²) in [6, 6.07) is 9.56. The zero-order valence-electron chi connectivity index (χ0n) is 14.7. The van der Waals surface area contributed by atoms with Crippen molar-refractivity contribution < 1.29 is 14.3 Å². The number of ether oxygens (including phenoxy) is 1. The van der Waals surface area contributed by atoms with Gasteiger partial charge in [0.05, 0.1) is 11.4 Å². The Balaban J connectivity index is 1.74. The Bertz CT molecular complexity index is 946. The van der Waals surface area contributed by atoms with Crippen molar-refractivity contribution >= 4 is 45.4 Å². The van der Waals surface area contributed by atoms with E-state index >= 15 is 0 Å². The molecule has 7 heteroatoms. The predicted octanol–water partition coefficient (Wildman–Crippen LogP) is 4.86. The van der Waals surface area contributed by atoms with Gasteiger partial charge in [0.25, 0.3) is 0 Å². The van der Waals surface area contributed by atoms with Crippen LogP contribution in [0.1, 0.15) is 33.4 Å². The summed E-state index contributed by atoms with van der Waals surface area (Å²) in [5.74, 6) is -0.475. The minimum absolute atomic E-state index is 0.0756. The number of anilines is 2. The lowest BCUT2D eigenvalue weighted by Crippen LogP contribution is -2.22. The summed E-state index contributed by atoms with van der Waals surface area (Å²) in [6.45, 7) is 5.43. The van der Waals surface area contributed by atoms with E-state index in [1.165, 1.54) is 29.6 Å². The molecule has 0 aliphatic rings. The molecule has 0 radical (unpaired) electrons. The van der Waals surface area contributed by atoms with Gasteiger partial charge >= 0.3 is 5.97 Å². The molecule has 0 saturated carbocycles. The van der Waals surface area contributed by atoms with Crippen LogP contribution in [0.25, 0.3) is 0 Å². The summed E-state index contributed by atoms with van der Waals surface area (Å²) < 4.78 is 5.34. The number of benzene rings is 1. The molecule has 2 aromatic heterocycles. The van der Waals surface area contributed by atoms with E-state index in [0.29, 0.717) is 15.7 Å². The summed E-state index contributed by atoms with van der Waals surface area (Å²) in [5, 5.41) is 4.22. The van der Waals surface area contributed by atoms with Crippen LogP contribution in [0.3, 0.4) is 0 Å². The van der Waals surface area contributed by atoms with Gasteiger partial charge in [-0.3, -0.25) is 9.69 Å². The number of hydrogen-bond donors (Lipinski definition) is 0. The fraction of sp³-hybridized carbons (Fsp3) is 0.211. The van der Waals surface area contributed by atoms with Gasteiger partial charge in [-0.1, -0.05) is 12.1 Å². The van der Waals surface area contributed by atoms with Crippen LogP contribution < -0.4 is 4.90 Å². The van der Waals surface area contributed by atoms with Crippen molar-refractivity contribution in [2.75, 3.05) is 4.90 Å². The molecule has 0 aliphatic carbocycles. The molecule has 2 heterocycles. The van der Waals surface area contributed by atoms with Crippen LogP contribution in [0.5, 0.6) is 0 Å². The Morgan fingerprint density at radius 2 is 2.00 bits per heavy atom. The zero-order chi connectivity index (χ0) is 18.7. The molecule has 3 rings (SSSR count). The van der Waals surface area contributed by atoms with Gasteiger partial charge in [0.2, 0.25) is 5.91 Å². The topological polar surface area (TPSA) is 59.5 Å². The van der Waals surface area contributed by atoms with Crippen LogP contribution in [0, 0.1) is 13.8 Å². The van der Waals surface area contributed by atoms with E-state index in [1.54, 1.807) is 10.3 Å². The average Bonchev–Trinajstić information content (AvgIpc) is 3.22. The minimum Gasteiger partial charge on any atom is -0.455 e. The molecule has 0 aliphatic heterocycles. The second-order valence-corrected chi connectivity index (χ2v) is 7.58. The Labute approximate surface area is 159 Å². The smallest absolute Gasteiger partial charge is 0.348 e. The van der Waals surface area contributed by atoms with Gasteiger partial charge < -0.3 is 4.74 Å². The number of amides is 1. The third kappa shape index (κ3) is 4.00. The lowest BCUT2D eigenvalue weighted by atomic mass is 10.2. The van der Waals surface area contributed by atoms with Gasteiger partial charge in [0.15, 0.2) is 5.13 Å². The number of nitrogens with zero attached hydrogens (tertiary/aromatic N) is 2. The van der Waals surface area contributed by atoms with Crippen LogP contribution in [-0.2, 0) is 16.1 Å². The standard InChI is InChI=1S/C19H18N2O3S2/c1-12-5-4-6-16(9-12)21(14(3)22)19-20-15(11-26-19)10-24-18(23)17-13(2)7-8-25-17/h4-9,11H,10H2,1-3H3. The number of rotatable bonds is 5. The van der Waals surface area contributed by atoms with Gasteiger partial charge in [0, 0.05) is 12.3 Å². The molecule has 0 spiro atoms. The van der Waals surface area contributed by atoms with Gasteiger partial charge in [-0.15, -0.1) is 22.7 Å². The highest BCUT2D eigenvalue weighted by Crippen LogP contribution is 2.29. The SMILES string of the molecule is CC(=O)N(c1cccc(C)c1)c1nc(COC(=O)c2sccc2C)cs1. The first-order chi connectivity index (χ1) is 12.5. The maximum atomic E-state index is 12.1. The number of hydrogen-bond acceptors (Lipinski definition) is 6. The highest BCUT2D eigenvalue weighted by Gasteiger charge is 2.19. The van der Waals surface area contributed by atoms with Crippen molar-refractivity contribution in [3.05, 3.63) is 62.8 Å². The predicted molar refractivity (Wildman–Crippen MR) is 104 cm³/mol. The first kappa shape index (κ1) is 18.3. The first-order valence-corrected chi connectivity index (χ1v) is 9.74. The largest absolute Gasteiger partial charge is 0.455 e. The van der Waals surface area contributed by atoms with Gasteiger partial charge in [-0.25, -0.2) is 9.78 Å². The molecule has 1 amide bonds. The molecule has 0 bridgehead atoms. The highest BCUT2D eigenvalue weighted by atomic mass is 32.1. The summed E-state index contributed by atoms with van der Waals surface area (Å²) in [7, 11) is 0. The molecule has 0 atom stereocenters. The van der Waals surface area contributed by atoms with E-state index < -0.39 is 0 Å². The molecule has 134 valence electrons. The molecule has 1 aromatic carbocycles. The number of aromatic nitrogens is 1. The average molecular weight is 386 g/mol. The quantitative estimate of drug-likeness (QED) is 0.587. The van der Waals surface area contributed by atoms with Crippen molar-refractivity contribution in [1.82, 2.24) is 4.98 Å². The number of aryl methyl sites for hydroxylation is 2. The molecule has 0 N–H and O–H groups in total. The molecule has 5 nitrogen and oxygen atoms in total. The summed E-state index contributed by atoms with van der Waals surface area (Å²) in [6.07, 6.45) is 0. The van der Waals surface area contributed by atoms with Crippen molar-refractivity contribution in [3.8, 4) is 0 Å². The lowest BCUT2D eigenvalue weighted by Gasteiger charge is -2.18. The van der Waals surface area contributed by atoms with E-state index in [1.807, 2.05) is 49.6 Å². The van der Waals surface area contributed by atoms with E-state index in [-0.39, 0.29) is 18.5 Å². The Hall–Kier alpha value is -2.51.